The van der Waals surface area contributed by atoms with Crippen LogP contribution in [-0.2, 0) is 4.74 Å². The molecule has 12 nitrogen and oxygen atoms in total. The zero-order valence-electron chi connectivity index (χ0n) is 22.6. The Hall–Kier alpha value is -4.58. The van der Waals surface area contributed by atoms with Crippen molar-refractivity contribution < 1.29 is 23.9 Å². The van der Waals surface area contributed by atoms with Crippen molar-refractivity contribution in [2.24, 2.45) is 5.92 Å². The minimum atomic E-state index is -0.607. The molecule has 3 amide bonds. The molecule has 4 aromatic rings. The minimum absolute atomic E-state index is 0.0336. The molecule has 2 aromatic heterocycles. The molecule has 3 heterocycles. The van der Waals surface area contributed by atoms with E-state index in [0.29, 0.717) is 49.5 Å². The molecule has 0 atom stereocenters. The van der Waals surface area contributed by atoms with Gasteiger partial charge in [0.15, 0.2) is 5.69 Å². The van der Waals surface area contributed by atoms with E-state index in [1.165, 1.54) is 6.33 Å². The van der Waals surface area contributed by atoms with Crippen molar-refractivity contribution in [1.29, 1.82) is 0 Å². The van der Waals surface area contributed by atoms with Crippen LogP contribution in [0.1, 0.15) is 47.7 Å². The molecular formula is C28H30ClN7O5. The van der Waals surface area contributed by atoms with Gasteiger partial charge in [0, 0.05) is 32.0 Å². The number of carbonyl (C=O) groups excluding carboxylic acids is 3. The highest BCUT2D eigenvalue weighted by Crippen LogP contribution is 2.29. The monoisotopic (exact) mass is 579 g/mol. The van der Waals surface area contributed by atoms with Crippen molar-refractivity contribution in [2.45, 2.75) is 32.8 Å². The minimum Gasteiger partial charge on any atom is -0.490 e. The molecule has 0 aliphatic carbocycles. The number of aromatic amines is 2. The van der Waals surface area contributed by atoms with Gasteiger partial charge in [-0.3, -0.25) is 14.9 Å². The molecule has 214 valence electrons. The number of halogens is 1. The topological polar surface area (TPSA) is 154 Å². The van der Waals surface area contributed by atoms with Crippen LogP contribution in [0.15, 0.2) is 48.8 Å². The number of nitrogens with zero attached hydrogens (tertiary/aromatic N) is 3. The Morgan fingerprint density at radius 1 is 1.10 bits per heavy atom. The Morgan fingerprint density at radius 3 is 2.61 bits per heavy atom. The Labute approximate surface area is 240 Å². The van der Waals surface area contributed by atoms with Crippen molar-refractivity contribution in [3.63, 3.8) is 0 Å². The third kappa shape index (κ3) is 6.77. The lowest BCUT2D eigenvalue weighted by atomic mass is 10.1. The Morgan fingerprint density at radius 2 is 1.88 bits per heavy atom. The lowest BCUT2D eigenvalue weighted by Crippen LogP contribution is -2.42. The van der Waals surface area contributed by atoms with E-state index in [1.807, 2.05) is 38.1 Å². The predicted molar refractivity (Wildman–Crippen MR) is 153 cm³/mol. The van der Waals surface area contributed by atoms with Gasteiger partial charge in [-0.2, -0.15) is 0 Å². The van der Waals surface area contributed by atoms with Crippen molar-refractivity contribution in [3.05, 3.63) is 65.2 Å². The quantitative estimate of drug-likeness (QED) is 0.227. The van der Waals surface area contributed by atoms with E-state index in [-0.39, 0.29) is 40.5 Å². The van der Waals surface area contributed by atoms with Gasteiger partial charge in [-0.25, -0.2) is 14.8 Å². The molecule has 0 radical (unpaired) electrons. The highest BCUT2D eigenvalue weighted by Gasteiger charge is 2.26. The van der Waals surface area contributed by atoms with E-state index in [0.717, 1.165) is 5.52 Å². The summed E-state index contributed by atoms with van der Waals surface area (Å²) in [6.07, 6.45) is 2.19. The number of benzene rings is 2. The van der Waals surface area contributed by atoms with Gasteiger partial charge in [-0.1, -0.05) is 37.6 Å². The lowest BCUT2D eigenvalue weighted by molar-refractivity contribution is 0.0618. The van der Waals surface area contributed by atoms with E-state index in [1.54, 1.807) is 23.1 Å². The molecule has 1 saturated heterocycles. The van der Waals surface area contributed by atoms with Crippen molar-refractivity contribution in [3.8, 4) is 5.75 Å². The molecular weight excluding hydrogens is 550 g/mol. The molecule has 1 aliphatic heterocycles. The molecule has 5 rings (SSSR count). The van der Waals surface area contributed by atoms with Crippen LogP contribution in [0.3, 0.4) is 0 Å². The van der Waals surface area contributed by atoms with Gasteiger partial charge in [-0.15, -0.1) is 0 Å². The van der Waals surface area contributed by atoms with E-state index in [4.69, 9.17) is 21.1 Å². The molecule has 0 saturated carbocycles. The molecule has 2 aromatic carbocycles. The lowest BCUT2D eigenvalue weighted by Gasteiger charge is -2.31. The van der Waals surface area contributed by atoms with E-state index in [2.05, 4.69) is 30.6 Å². The number of fused-ring (bicyclic) bond motifs is 1. The fraction of sp³-hybridized carbons (Fsp3) is 0.321. The van der Waals surface area contributed by atoms with E-state index < -0.39 is 11.8 Å². The zero-order chi connectivity index (χ0) is 28.9. The second-order valence-corrected chi connectivity index (χ2v) is 10.5. The van der Waals surface area contributed by atoms with Gasteiger partial charge in [-0.05, 0) is 30.2 Å². The number of carbonyl (C=O) groups is 3. The predicted octanol–water partition coefficient (Wildman–Crippen LogP) is 5.08. The van der Waals surface area contributed by atoms with E-state index in [9.17, 15) is 14.4 Å². The summed E-state index contributed by atoms with van der Waals surface area (Å²) in [7, 11) is 0. The summed E-state index contributed by atoms with van der Waals surface area (Å²) in [5.41, 5.74) is 1.66. The van der Waals surface area contributed by atoms with Crippen LogP contribution in [0.2, 0.25) is 5.02 Å². The number of piperidine rings is 1. The SMILES string of the molecule is CC(C)COC(=O)N1CCC(Oc2ccc(NC(=O)c3[nH]cnc3C(=O)Nc3nc4ccccc4[nH]3)c(Cl)c2)CC1. The Kier molecular flexibility index (Phi) is 8.39. The number of nitrogens with one attached hydrogen (secondary N) is 4. The van der Waals surface area contributed by atoms with Gasteiger partial charge in [0.2, 0.25) is 5.95 Å². The molecule has 4 N–H and O–H groups in total. The number of aromatic nitrogens is 4. The second-order valence-electron chi connectivity index (χ2n) is 10.1. The normalized spacial score (nSPS) is 13.8. The maximum atomic E-state index is 13.0. The molecule has 13 heteroatoms. The number of amides is 3. The summed E-state index contributed by atoms with van der Waals surface area (Å²) in [5, 5.41) is 5.60. The zero-order valence-corrected chi connectivity index (χ0v) is 23.3. The summed E-state index contributed by atoms with van der Waals surface area (Å²) in [5.74, 6) is -0.136. The smallest absolute Gasteiger partial charge is 0.409 e. The number of H-pyrrole nitrogens is 2. The van der Waals surface area contributed by atoms with Crippen LogP contribution in [0.25, 0.3) is 11.0 Å². The molecule has 0 unspecified atom stereocenters. The van der Waals surface area contributed by atoms with E-state index >= 15 is 0 Å². The summed E-state index contributed by atoms with van der Waals surface area (Å²) in [6.45, 7) is 5.47. The number of para-hydroxylation sites is 2. The van der Waals surface area contributed by atoms with Crippen LogP contribution < -0.4 is 15.4 Å². The highest BCUT2D eigenvalue weighted by atomic mass is 35.5. The first-order chi connectivity index (χ1) is 19.8. The average molecular weight is 580 g/mol. The van der Waals surface area contributed by atoms with Gasteiger partial charge in [0.1, 0.15) is 17.5 Å². The average Bonchev–Trinajstić information content (AvgIpc) is 3.61. The van der Waals surface area contributed by atoms with Crippen LogP contribution in [0.4, 0.5) is 16.4 Å². The second kappa shape index (κ2) is 12.3. The highest BCUT2D eigenvalue weighted by molar-refractivity contribution is 6.34. The molecule has 0 bridgehead atoms. The van der Waals surface area contributed by atoms with Gasteiger partial charge in [0.25, 0.3) is 11.8 Å². The third-order valence-corrected chi connectivity index (χ3v) is 6.75. The first-order valence-electron chi connectivity index (χ1n) is 13.3. The standard InChI is InChI=1S/C28H30ClN7O5/c1-16(2)14-40-28(39)36-11-9-17(10-12-36)41-18-7-8-20(19(29)13-18)32-25(37)23-24(31-15-30-23)26(38)35-27-33-21-5-3-4-6-22(21)34-27/h3-8,13,15-17H,9-12,14H2,1-2H3,(H,30,31)(H,32,37)(H2,33,34,35,38). The Bertz CT molecular complexity index is 1530. The number of imidazole rings is 2. The summed E-state index contributed by atoms with van der Waals surface area (Å²) >= 11 is 6.44. The van der Waals surface area contributed by atoms with Crippen LogP contribution in [0, 0.1) is 5.92 Å². The van der Waals surface area contributed by atoms with Gasteiger partial charge >= 0.3 is 6.09 Å². The van der Waals surface area contributed by atoms with Gasteiger partial charge < -0.3 is 29.7 Å². The Balaban J connectivity index is 1.16. The van der Waals surface area contributed by atoms with Crippen LogP contribution >= 0.6 is 11.6 Å². The van der Waals surface area contributed by atoms with Crippen LogP contribution in [-0.4, -0.2) is 68.5 Å². The largest absolute Gasteiger partial charge is 0.490 e. The number of hydrogen-bond acceptors (Lipinski definition) is 7. The van der Waals surface area contributed by atoms with Crippen LogP contribution in [0.5, 0.6) is 5.75 Å². The summed E-state index contributed by atoms with van der Waals surface area (Å²) in [6, 6.07) is 12.3. The van der Waals surface area contributed by atoms with Crippen molar-refractivity contribution in [1.82, 2.24) is 24.8 Å². The first kappa shape index (κ1) is 28.0. The van der Waals surface area contributed by atoms with Crippen molar-refractivity contribution >= 4 is 52.2 Å². The number of rotatable bonds is 8. The summed E-state index contributed by atoms with van der Waals surface area (Å²) in [4.78, 5) is 53.7. The molecule has 41 heavy (non-hydrogen) atoms. The molecule has 0 spiro atoms. The number of anilines is 2. The fourth-order valence-corrected chi connectivity index (χ4v) is 4.57. The van der Waals surface area contributed by atoms with Crippen molar-refractivity contribution in [2.75, 3.05) is 30.3 Å². The molecule has 1 fully saturated rings. The number of ether oxygens (including phenoxy) is 2. The third-order valence-electron chi connectivity index (χ3n) is 6.43. The first-order valence-corrected chi connectivity index (χ1v) is 13.6. The number of hydrogen-bond donors (Lipinski definition) is 4. The maximum absolute atomic E-state index is 13.0. The molecule has 1 aliphatic rings. The number of likely N-dealkylation sites (tertiary alicyclic amines) is 1. The fourth-order valence-electron chi connectivity index (χ4n) is 4.35. The van der Waals surface area contributed by atoms with Gasteiger partial charge in [0.05, 0.1) is 34.7 Å². The maximum Gasteiger partial charge on any atom is 0.409 e. The summed E-state index contributed by atoms with van der Waals surface area (Å²) < 4.78 is 11.4.